The minimum absolute atomic E-state index is 0.107. The SMILES string of the molecule is Cc1ccc2c(COC(=O)[C@H](C)NC(=O)COc3ccccc3)cc(=O)oc2c1C. The van der Waals surface area contributed by atoms with Crippen LogP contribution in [0.3, 0.4) is 0 Å². The van der Waals surface area contributed by atoms with Gasteiger partial charge >= 0.3 is 11.6 Å². The van der Waals surface area contributed by atoms with Crippen molar-refractivity contribution in [1.82, 2.24) is 5.32 Å². The van der Waals surface area contributed by atoms with E-state index in [1.165, 1.54) is 13.0 Å². The summed E-state index contributed by atoms with van der Waals surface area (Å²) in [6.45, 7) is 4.99. The van der Waals surface area contributed by atoms with E-state index in [4.69, 9.17) is 13.9 Å². The first kappa shape index (κ1) is 21.1. The average molecular weight is 409 g/mol. The normalized spacial score (nSPS) is 11.7. The molecular weight excluding hydrogens is 386 g/mol. The highest BCUT2D eigenvalue weighted by molar-refractivity contribution is 5.86. The predicted octanol–water partition coefficient (Wildman–Crippen LogP) is 3.04. The predicted molar refractivity (Wildman–Crippen MR) is 111 cm³/mol. The van der Waals surface area contributed by atoms with Crippen molar-refractivity contribution in [2.24, 2.45) is 0 Å². The van der Waals surface area contributed by atoms with Gasteiger partial charge in [0, 0.05) is 17.0 Å². The van der Waals surface area contributed by atoms with Gasteiger partial charge in [-0.3, -0.25) is 4.79 Å². The zero-order valence-corrected chi connectivity index (χ0v) is 17.1. The highest BCUT2D eigenvalue weighted by Crippen LogP contribution is 2.23. The molecule has 3 rings (SSSR count). The van der Waals surface area contributed by atoms with E-state index in [-0.39, 0.29) is 13.2 Å². The number of nitrogens with one attached hydrogen (secondary N) is 1. The van der Waals surface area contributed by atoms with Crippen LogP contribution in [0, 0.1) is 13.8 Å². The first-order chi connectivity index (χ1) is 14.3. The van der Waals surface area contributed by atoms with Gasteiger partial charge in [-0.25, -0.2) is 9.59 Å². The lowest BCUT2D eigenvalue weighted by Crippen LogP contribution is -2.41. The summed E-state index contributed by atoms with van der Waals surface area (Å²) in [4.78, 5) is 36.2. The molecule has 0 fully saturated rings. The Bertz CT molecular complexity index is 1120. The summed E-state index contributed by atoms with van der Waals surface area (Å²) in [6.07, 6.45) is 0. The molecule has 3 aromatic rings. The lowest BCUT2D eigenvalue weighted by atomic mass is 10.0. The monoisotopic (exact) mass is 409 g/mol. The van der Waals surface area contributed by atoms with Gasteiger partial charge in [-0.1, -0.05) is 30.3 Å². The van der Waals surface area contributed by atoms with E-state index in [0.717, 1.165) is 11.1 Å². The highest BCUT2D eigenvalue weighted by atomic mass is 16.5. The topological polar surface area (TPSA) is 94.8 Å². The van der Waals surface area contributed by atoms with E-state index in [1.54, 1.807) is 24.3 Å². The summed E-state index contributed by atoms with van der Waals surface area (Å²) in [5, 5.41) is 3.24. The summed E-state index contributed by atoms with van der Waals surface area (Å²) in [5.74, 6) is -0.503. The Morgan fingerprint density at radius 2 is 1.83 bits per heavy atom. The third-order valence-corrected chi connectivity index (χ3v) is 4.73. The molecule has 1 heterocycles. The summed E-state index contributed by atoms with van der Waals surface area (Å²) in [6, 6.07) is 13.1. The fraction of sp³-hybridized carbons (Fsp3) is 0.261. The number of ether oxygens (including phenoxy) is 2. The Balaban J connectivity index is 1.59. The van der Waals surface area contributed by atoms with Gasteiger partial charge < -0.3 is 19.2 Å². The van der Waals surface area contributed by atoms with E-state index in [1.807, 2.05) is 32.0 Å². The number of carbonyl (C=O) groups excluding carboxylic acids is 2. The van der Waals surface area contributed by atoms with Crippen LogP contribution in [0.15, 0.2) is 57.7 Å². The molecule has 0 aliphatic carbocycles. The van der Waals surface area contributed by atoms with Crippen LogP contribution in [0.2, 0.25) is 0 Å². The first-order valence-corrected chi connectivity index (χ1v) is 9.52. The van der Waals surface area contributed by atoms with Crippen LogP contribution in [0.1, 0.15) is 23.6 Å². The zero-order valence-electron chi connectivity index (χ0n) is 17.1. The summed E-state index contributed by atoms with van der Waals surface area (Å²) >= 11 is 0. The number of fused-ring (bicyclic) bond motifs is 1. The second kappa shape index (κ2) is 9.26. The van der Waals surface area contributed by atoms with Crippen molar-refractivity contribution in [3.8, 4) is 5.75 Å². The fourth-order valence-corrected chi connectivity index (χ4v) is 2.93. The quantitative estimate of drug-likeness (QED) is 0.476. The van der Waals surface area contributed by atoms with Crippen LogP contribution in [0.4, 0.5) is 0 Å². The Kier molecular flexibility index (Phi) is 6.51. The van der Waals surface area contributed by atoms with E-state index in [9.17, 15) is 14.4 Å². The van der Waals surface area contributed by atoms with Crippen molar-refractivity contribution in [2.45, 2.75) is 33.4 Å². The van der Waals surface area contributed by atoms with E-state index >= 15 is 0 Å². The third kappa shape index (κ3) is 5.05. The van der Waals surface area contributed by atoms with E-state index in [0.29, 0.717) is 22.3 Å². The zero-order chi connectivity index (χ0) is 21.7. The molecule has 0 radical (unpaired) electrons. The smallest absolute Gasteiger partial charge is 0.336 e. The van der Waals surface area contributed by atoms with Crippen molar-refractivity contribution < 1.29 is 23.5 Å². The molecule has 156 valence electrons. The number of hydrogen-bond donors (Lipinski definition) is 1. The molecular formula is C23H23NO6. The second-order valence-electron chi connectivity index (χ2n) is 6.97. The molecule has 30 heavy (non-hydrogen) atoms. The number of carbonyl (C=O) groups is 2. The Morgan fingerprint density at radius 3 is 2.57 bits per heavy atom. The average Bonchev–Trinajstić information content (AvgIpc) is 2.74. The Labute approximate surface area is 173 Å². The molecule has 7 heteroatoms. The van der Waals surface area contributed by atoms with Crippen molar-refractivity contribution in [2.75, 3.05) is 6.61 Å². The van der Waals surface area contributed by atoms with Crippen LogP contribution in [0.5, 0.6) is 5.75 Å². The number of para-hydroxylation sites is 1. The van der Waals surface area contributed by atoms with E-state index < -0.39 is 23.5 Å². The largest absolute Gasteiger partial charge is 0.484 e. The van der Waals surface area contributed by atoms with Crippen molar-refractivity contribution >= 4 is 22.8 Å². The molecule has 0 aliphatic heterocycles. The Morgan fingerprint density at radius 1 is 1.10 bits per heavy atom. The van der Waals surface area contributed by atoms with Gasteiger partial charge in [-0.15, -0.1) is 0 Å². The molecule has 1 amide bonds. The molecule has 0 bridgehead atoms. The van der Waals surface area contributed by atoms with Crippen molar-refractivity contribution in [3.05, 3.63) is 75.6 Å². The molecule has 0 saturated carbocycles. The molecule has 7 nitrogen and oxygen atoms in total. The van der Waals surface area contributed by atoms with Crippen molar-refractivity contribution in [1.29, 1.82) is 0 Å². The van der Waals surface area contributed by atoms with Gasteiger partial charge in [-0.2, -0.15) is 0 Å². The van der Waals surface area contributed by atoms with Gasteiger partial charge in [0.2, 0.25) is 0 Å². The number of aryl methyl sites for hydroxylation is 2. The molecule has 0 spiro atoms. The number of hydrogen-bond acceptors (Lipinski definition) is 6. The van der Waals surface area contributed by atoms with Gasteiger partial charge in [0.25, 0.3) is 5.91 Å². The summed E-state index contributed by atoms with van der Waals surface area (Å²) in [7, 11) is 0. The molecule has 1 aromatic heterocycles. The van der Waals surface area contributed by atoms with Gasteiger partial charge in [0.15, 0.2) is 6.61 Å². The first-order valence-electron chi connectivity index (χ1n) is 9.52. The molecule has 0 saturated heterocycles. The Hall–Kier alpha value is -3.61. The summed E-state index contributed by atoms with van der Waals surface area (Å²) in [5.41, 5.74) is 2.36. The number of benzene rings is 2. The third-order valence-electron chi connectivity index (χ3n) is 4.73. The van der Waals surface area contributed by atoms with E-state index in [2.05, 4.69) is 5.32 Å². The van der Waals surface area contributed by atoms with Crippen LogP contribution in [-0.2, 0) is 20.9 Å². The minimum Gasteiger partial charge on any atom is -0.484 e. The minimum atomic E-state index is -0.868. The highest BCUT2D eigenvalue weighted by Gasteiger charge is 2.18. The maximum Gasteiger partial charge on any atom is 0.336 e. The van der Waals surface area contributed by atoms with Crippen LogP contribution >= 0.6 is 0 Å². The maximum atomic E-state index is 12.3. The molecule has 0 aliphatic rings. The van der Waals surface area contributed by atoms with Gasteiger partial charge in [0.05, 0.1) is 0 Å². The number of esters is 1. The fourth-order valence-electron chi connectivity index (χ4n) is 2.93. The number of rotatable bonds is 7. The van der Waals surface area contributed by atoms with Crippen LogP contribution < -0.4 is 15.7 Å². The maximum absolute atomic E-state index is 12.3. The number of amides is 1. The standard InChI is InChI=1S/C23H23NO6/c1-14-9-10-19-17(11-21(26)30-22(19)15(14)2)12-29-23(27)16(3)24-20(25)13-28-18-7-5-4-6-8-18/h4-11,16H,12-13H2,1-3H3,(H,24,25)/t16-/m0/s1. The molecule has 0 unspecified atom stereocenters. The lowest BCUT2D eigenvalue weighted by Gasteiger charge is -2.14. The molecule has 2 aromatic carbocycles. The van der Waals surface area contributed by atoms with Gasteiger partial charge in [-0.05, 0) is 44.0 Å². The van der Waals surface area contributed by atoms with Crippen molar-refractivity contribution in [3.63, 3.8) is 0 Å². The van der Waals surface area contributed by atoms with Crippen LogP contribution in [-0.4, -0.2) is 24.5 Å². The summed E-state index contributed by atoms with van der Waals surface area (Å²) < 4.78 is 16.0. The molecule has 1 atom stereocenters. The van der Waals surface area contributed by atoms with Gasteiger partial charge in [0.1, 0.15) is 24.0 Å². The lowest BCUT2D eigenvalue weighted by molar-refractivity contribution is -0.148. The van der Waals surface area contributed by atoms with Crippen LogP contribution in [0.25, 0.3) is 11.0 Å². The second-order valence-corrected chi connectivity index (χ2v) is 6.97. The molecule has 1 N–H and O–H groups in total.